The standard InChI is InChI=1S/C11H12N2O/c1-7(2)9-3-8(6-12)4-10(5-9)11(13)14/h3-5,7H,1-2H3,(H2,13,14). The lowest BCUT2D eigenvalue weighted by Crippen LogP contribution is -2.11. The molecule has 2 N–H and O–H groups in total. The van der Waals surface area contributed by atoms with Crippen molar-refractivity contribution in [3.05, 3.63) is 34.9 Å². The maximum absolute atomic E-state index is 11.0. The van der Waals surface area contributed by atoms with Gasteiger partial charge in [-0.1, -0.05) is 13.8 Å². The fourth-order valence-electron chi connectivity index (χ4n) is 1.19. The van der Waals surface area contributed by atoms with E-state index in [1.165, 1.54) is 6.07 Å². The van der Waals surface area contributed by atoms with Crippen molar-refractivity contribution in [3.63, 3.8) is 0 Å². The summed E-state index contributed by atoms with van der Waals surface area (Å²) in [5, 5.41) is 8.75. The Labute approximate surface area is 83.2 Å². The summed E-state index contributed by atoms with van der Waals surface area (Å²) in [6.07, 6.45) is 0. The molecule has 0 saturated carbocycles. The van der Waals surface area contributed by atoms with Gasteiger partial charge in [0.1, 0.15) is 0 Å². The number of amides is 1. The molecule has 0 aliphatic carbocycles. The highest BCUT2D eigenvalue weighted by atomic mass is 16.1. The van der Waals surface area contributed by atoms with Crippen LogP contribution in [0.25, 0.3) is 0 Å². The zero-order valence-electron chi connectivity index (χ0n) is 8.24. The number of nitriles is 1. The van der Waals surface area contributed by atoms with Crippen LogP contribution in [0.4, 0.5) is 0 Å². The predicted molar refractivity (Wildman–Crippen MR) is 53.8 cm³/mol. The molecule has 0 spiro atoms. The molecular formula is C11H12N2O. The smallest absolute Gasteiger partial charge is 0.248 e. The van der Waals surface area contributed by atoms with Crippen molar-refractivity contribution in [1.82, 2.24) is 0 Å². The number of nitrogens with zero attached hydrogens (tertiary/aromatic N) is 1. The van der Waals surface area contributed by atoms with Crippen LogP contribution in [0.15, 0.2) is 18.2 Å². The second kappa shape index (κ2) is 3.93. The number of nitrogens with two attached hydrogens (primary N) is 1. The van der Waals surface area contributed by atoms with Gasteiger partial charge in [0.05, 0.1) is 11.6 Å². The normalized spacial score (nSPS) is 9.86. The van der Waals surface area contributed by atoms with Gasteiger partial charge >= 0.3 is 0 Å². The minimum Gasteiger partial charge on any atom is -0.366 e. The second-order valence-corrected chi connectivity index (χ2v) is 3.47. The lowest BCUT2D eigenvalue weighted by molar-refractivity contribution is 0.1000. The highest BCUT2D eigenvalue weighted by molar-refractivity contribution is 5.93. The maximum Gasteiger partial charge on any atom is 0.248 e. The van der Waals surface area contributed by atoms with E-state index in [0.717, 1.165) is 5.56 Å². The van der Waals surface area contributed by atoms with Gasteiger partial charge in [-0.25, -0.2) is 0 Å². The van der Waals surface area contributed by atoms with Crippen molar-refractivity contribution in [1.29, 1.82) is 5.26 Å². The average molecular weight is 188 g/mol. The van der Waals surface area contributed by atoms with Crippen molar-refractivity contribution in [3.8, 4) is 6.07 Å². The van der Waals surface area contributed by atoms with Crippen LogP contribution >= 0.6 is 0 Å². The van der Waals surface area contributed by atoms with E-state index < -0.39 is 5.91 Å². The highest BCUT2D eigenvalue weighted by Crippen LogP contribution is 2.17. The van der Waals surface area contributed by atoms with Gasteiger partial charge in [0, 0.05) is 5.56 Å². The zero-order chi connectivity index (χ0) is 10.7. The largest absolute Gasteiger partial charge is 0.366 e. The molecule has 1 rings (SSSR count). The Morgan fingerprint density at radius 1 is 1.43 bits per heavy atom. The molecule has 0 saturated heterocycles. The maximum atomic E-state index is 11.0. The number of benzene rings is 1. The topological polar surface area (TPSA) is 66.9 Å². The van der Waals surface area contributed by atoms with Gasteiger partial charge in [-0.2, -0.15) is 5.26 Å². The Balaban J connectivity index is 3.29. The first-order valence-electron chi connectivity index (χ1n) is 4.39. The van der Waals surface area contributed by atoms with Crippen LogP contribution in [-0.2, 0) is 0 Å². The first kappa shape index (κ1) is 10.3. The first-order valence-corrected chi connectivity index (χ1v) is 4.39. The predicted octanol–water partition coefficient (Wildman–Crippen LogP) is 1.78. The van der Waals surface area contributed by atoms with Crippen LogP contribution in [0, 0.1) is 11.3 Å². The van der Waals surface area contributed by atoms with Gasteiger partial charge in [0.2, 0.25) is 5.91 Å². The summed E-state index contributed by atoms with van der Waals surface area (Å²) in [6, 6.07) is 7.02. The molecular weight excluding hydrogens is 176 g/mol. The van der Waals surface area contributed by atoms with Crippen LogP contribution in [0.3, 0.4) is 0 Å². The van der Waals surface area contributed by atoms with E-state index in [1.807, 2.05) is 19.9 Å². The van der Waals surface area contributed by atoms with Crippen LogP contribution in [-0.4, -0.2) is 5.91 Å². The number of hydrogen-bond donors (Lipinski definition) is 1. The molecule has 1 aromatic rings. The molecule has 0 aliphatic heterocycles. The van der Waals surface area contributed by atoms with E-state index >= 15 is 0 Å². The van der Waals surface area contributed by atoms with Crippen molar-refractivity contribution in [2.75, 3.05) is 0 Å². The molecule has 3 nitrogen and oxygen atoms in total. The van der Waals surface area contributed by atoms with Crippen molar-refractivity contribution < 1.29 is 4.79 Å². The van der Waals surface area contributed by atoms with Gasteiger partial charge in [-0.3, -0.25) is 4.79 Å². The summed E-state index contributed by atoms with van der Waals surface area (Å²) in [4.78, 5) is 11.0. The van der Waals surface area contributed by atoms with E-state index in [-0.39, 0.29) is 5.92 Å². The second-order valence-electron chi connectivity index (χ2n) is 3.47. The van der Waals surface area contributed by atoms with E-state index in [4.69, 9.17) is 11.0 Å². The molecule has 0 aromatic heterocycles. The van der Waals surface area contributed by atoms with Crippen LogP contribution < -0.4 is 5.73 Å². The fourth-order valence-corrected chi connectivity index (χ4v) is 1.19. The molecule has 1 aromatic carbocycles. The molecule has 0 atom stereocenters. The quantitative estimate of drug-likeness (QED) is 0.768. The average Bonchev–Trinajstić information content (AvgIpc) is 2.16. The summed E-state index contributed by atoms with van der Waals surface area (Å²) in [5.41, 5.74) is 6.99. The van der Waals surface area contributed by atoms with Gasteiger partial charge in [-0.05, 0) is 29.7 Å². The van der Waals surface area contributed by atoms with Crippen LogP contribution in [0.2, 0.25) is 0 Å². The Morgan fingerprint density at radius 2 is 2.07 bits per heavy atom. The molecule has 0 fully saturated rings. The third-order valence-electron chi connectivity index (χ3n) is 2.04. The minimum absolute atomic E-state index is 0.279. The van der Waals surface area contributed by atoms with E-state index in [0.29, 0.717) is 11.1 Å². The van der Waals surface area contributed by atoms with E-state index in [2.05, 4.69) is 0 Å². The molecule has 0 aliphatic rings. The van der Waals surface area contributed by atoms with Crippen molar-refractivity contribution >= 4 is 5.91 Å². The molecule has 0 unspecified atom stereocenters. The molecule has 0 heterocycles. The lowest BCUT2D eigenvalue weighted by atomic mass is 9.98. The summed E-state index contributed by atoms with van der Waals surface area (Å²) < 4.78 is 0. The number of carbonyl (C=O) groups excluding carboxylic acids is 1. The first-order chi connectivity index (χ1) is 6.54. The summed E-state index contributed by atoms with van der Waals surface area (Å²) >= 11 is 0. The van der Waals surface area contributed by atoms with Crippen molar-refractivity contribution in [2.24, 2.45) is 5.73 Å². The van der Waals surface area contributed by atoms with Crippen molar-refractivity contribution in [2.45, 2.75) is 19.8 Å². The number of rotatable bonds is 2. The zero-order valence-corrected chi connectivity index (χ0v) is 8.24. The number of hydrogen-bond acceptors (Lipinski definition) is 2. The summed E-state index contributed by atoms with van der Waals surface area (Å²) in [5.74, 6) is -0.217. The Kier molecular flexibility index (Phi) is 2.88. The van der Waals surface area contributed by atoms with Gasteiger partial charge in [0.15, 0.2) is 0 Å². The molecule has 72 valence electrons. The Hall–Kier alpha value is -1.82. The van der Waals surface area contributed by atoms with E-state index in [1.54, 1.807) is 12.1 Å². The molecule has 3 heteroatoms. The molecule has 1 amide bonds. The summed E-state index contributed by atoms with van der Waals surface area (Å²) in [7, 11) is 0. The number of carbonyl (C=O) groups is 1. The molecule has 14 heavy (non-hydrogen) atoms. The van der Waals surface area contributed by atoms with Gasteiger partial charge in [-0.15, -0.1) is 0 Å². The minimum atomic E-state index is -0.496. The third-order valence-corrected chi connectivity index (χ3v) is 2.04. The van der Waals surface area contributed by atoms with E-state index in [9.17, 15) is 4.79 Å². The SMILES string of the molecule is CC(C)c1cc(C#N)cc(C(N)=O)c1. The molecule has 0 bridgehead atoms. The Morgan fingerprint density at radius 3 is 2.50 bits per heavy atom. The van der Waals surface area contributed by atoms with Gasteiger partial charge in [0.25, 0.3) is 0 Å². The monoisotopic (exact) mass is 188 g/mol. The fraction of sp³-hybridized carbons (Fsp3) is 0.273. The third kappa shape index (κ3) is 2.11. The number of primary amides is 1. The van der Waals surface area contributed by atoms with Crippen LogP contribution in [0.1, 0.15) is 41.3 Å². The molecule has 0 radical (unpaired) electrons. The lowest BCUT2D eigenvalue weighted by Gasteiger charge is -2.07. The van der Waals surface area contributed by atoms with Gasteiger partial charge < -0.3 is 5.73 Å². The summed E-state index contributed by atoms with van der Waals surface area (Å²) in [6.45, 7) is 4.00. The highest BCUT2D eigenvalue weighted by Gasteiger charge is 2.07. The van der Waals surface area contributed by atoms with Crippen LogP contribution in [0.5, 0.6) is 0 Å². The Bertz CT molecular complexity index is 402.